The number of hydrogen-bond donors (Lipinski definition) is 2. The van der Waals surface area contributed by atoms with Crippen molar-refractivity contribution in [3.05, 3.63) is 63.6 Å². The highest BCUT2D eigenvalue weighted by Crippen LogP contribution is 2.21. The van der Waals surface area contributed by atoms with Crippen LogP contribution in [0.4, 0.5) is 5.69 Å². The van der Waals surface area contributed by atoms with Crippen molar-refractivity contribution in [3.8, 4) is 0 Å². The van der Waals surface area contributed by atoms with Crippen LogP contribution in [0.2, 0.25) is 0 Å². The van der Waals surface area contributed by atoms with Crippen molar-refractivity contribution >= 4 is 28.6 Å². The Morgan fingerprint density at radius 1 is 1.11 bits per heavy atom. The molecule has 0 bridgehead atoms. The summed E-state index contributed by atoms with van der Waals surface area (Å²) >= 11 is 0. The molecule has 3 aromatic rings. The number of aromatic amines is 1. The van der Waals surface area contributed by atoms with Crippen molar-refractivity contribution in [2.24, 2.45) is 0 Å². The lowest BCUT2D eigenvalue weighted by Gasteiger charge is -2.27. The molecule has 0 aliphatic carbocycles. The highest BCUT2D eigenvalue weighted by molar-refractivity contribution is 6.11. The molecule has 0 unspecified atom stereocenters. The molecule has 2 heterocycles. The normalized spacial score (nSPS) is 14.2. The number of aromatic nitrogens is 1. The fraction of sp³-hybridized carbons (Fsp3) is 0.250. The Hall–Kier alpha value is -3.39. The summed E-state index contributed by atoms with van der Waals surface area (Å²) < 4.78 is 10.3. The van der Waals surface area contributed by atoms with Gasteiger partial charge in [0.25, 0.3) is 11.8 Å². The van der Waals surface area contributed by atoms with E-state index in [1.165, 1.54) is 0 Å². The molecule has 2 aromatic carbocycles. The van der Waals surface area contributed by atoms with E-state index in [0.717, 1.165) is 5.56 Å². The van der Waals surface area contributed by atoms with Gasteiger partial charge >= 0.3 is 5.76 Å². The van der Waals surface area contributed by atoms with E-state index in [2.05, 4.69) is 10.3 Å². The topological polar surface area (TPSA) is 105 Å². The number of aryl methyl sites for hydroxylation is 1. The van der Waals surface area contributed by atoms with Gasteiger partial charge in [-0.2, -0.15) is 0 Å². The van der Waals surface area contributed by atoms with Gasteiger partial charge in [-0.25, -0.2) is 4.79 Å². The number of benzene rings is 2. The number of carbonyl (C=O) groups excluding carboxylic acids is 2. The lowest BCUT2D eigenvalue weighted by molar-refractivity contribution is 0.0302. The van der Waals surface area contributed by atoms with Crippen molar-refractivity contribution in [1.29, 1.82) is 0 Å². The van der Waals surface area contributed by atoms with Crippen LogP contribution in [0.3, 0.4) is 0 Å². The summed E-state index contributed by atoms with van der Waals surface area (Å²) in [6.45, 7) is 3.99. The number of carbonyl (C=O) groups is 2. The molecule has 4 rings (SSSR count). The smallest absolute Gasteiger partial charge is 0.408 e. The maximum Gasteiger partial charge on any atom is 0.417 e. The van der Waals surface area contributed by atoms with E-state index in [1.54, 1.807) is 41.3 Å². The number of anilines is 1. The highest BCUT2D eigenvalue weighted by Gasteiger charge is 2.21. The SMILES string of the molecule is Cc1ccc(NC(=O)c2cccc3oc(=O)[nH]c23)cc1C(=O)N1CCOCC1. The molecule has 1 saturated heterocycles. The summed E-state index contributed by atoms with van der Waals surface area (Å²) in [6.07, 6.45) is 0. The Morgan fingerprint density at radius 2 is 1.89 bits per heavy atom. The number of rotatable bonds is 3. The van der Waals surface area contributed by atoms with Gasteiger partial charge in [0.15, 0.2) is 5.58 Å². The minimum absolute atomic E-state index is 0.0850. The van der Waals surface area contributed by atoms with E-state index < -0.39 is 11.7 Å². The number of para-hydroxylation sites is 1. The average molecular weight is 381 g/mol. The number of morpholine rings is 1. The molecule has 2 amide bonds. The minimum atomic E-state index is -0.621. The molecule has 0 radical (unpaired) electrons. The van der Waals surface area contributed by atoms with Crippen LogP contribution in [0.15, 0.2) is 45.6 Å². The first kappa shape index (κ1) is 18.0. The number of ether oxygens (including phenoxy) is 1. The fourth-order valence-electron chi connectivity index (χ4n) is 3.23. The first-order valence-corrected chi connectivity index (χ1v) is 8.94. The molecule has 28 heavy (non-hydrogen) atoms. The second-order valence-electron chi connectivity index (χ2n) is 6.58. The number of fused-ring (bicyclic) bond motifs is 1. The van der Waals surface area contributed by atoms with Gasteiger partial charge in [-0.1, -0.05) is 12.1 Å². The van der Waals surface area contributed by atoms with Crippen molar-refractivity contribution < 1.29 is 18.7 Å². The Bertz CT molecular complexity index is 1110. The molecular weight excluding hydrogens is 362 g/mol. The predicted molar refractivity (Wildman–Crippen MR) is 103 cm³/mol. The Morgan fingerprint density at radius 3 is 2.68 bits per heavy atom. The van der Waals surface area contributed by atoms with Gasteiger partial charge < -0.3 is 19.4 Å². The van der Waals surface area contributed by atoms with Crippen LogP contribution in [0.1, 0.15) is 26.3 Å². The molecule has 1 aliphatic rings. The lowest BCUT2D eigenvalue weighted by atomic mass is 10.1. The molecule has 0 saturated carbocycles. The summed E-state index contributed by atoms with van der Waals surface area (Å²) in [5, 5.41) is 2.79. The van der Waals surface area contributed by atoms with Gasteiger partial charge in [-0.05, 0) is 36.8 Å². The van der Waals surface area contributed by atoms with Gasteiger partial charge in [-0.3, -0.25) is 14.6 Å². The quantitative estimate of drug-likeness (QED) is 0.723. The molecule has 1 aliphatic heterocycles. The second kappa shape index (κ2) is 7.32. The van der Waals surface area contributed by atoms with Crippen LogP contribution in [-0.2, 0) is 4.74 Å². The Balaban J connectivity index is 1.60. The molecule has 0 atom stereocenters. The monoisotopic (exact) mass is 381 g/mol. The third-order valence-corrected chi connectivity index (χ3v) is 4.72. The number of amides is 2. The van der Waals surface area contributed by atoms with E-state index in [9.17, 15) is 14.4 Å². The lowest BCUT2D eigenvalue weighted by Crippen LogP contribution is -2.41. The van der Waals surface area contributed by atoms with E-state index in [0.29, 0.717) is 48.7 Å². The molecule has 2 N–H and O–H groups in total. The molecular formula is C20H19N3O5. The number of hydrogen-bond acceptors (Lipinski definition) is 5. The standard InChI is InChI=1S/C20H19N3O5/c1-12-5-6-13(11-15(12)19(25)23-7-9-27-10-8-23)21-18(24)14-3-2-4-16-17(14)22-20(26)28-16/h2-6,11H,7-10H2,1H3,(H,21,24)(H,22,26). The molecule has 1 aromatic heterocycles. The summed E-state index contributed by atoms with van der Waals surface area (Å²) in [7, 11) is 0. The highest BCUT2D eigenvalue weighted by atomic mass is 16.5. The van der Waals surface area contributed by atoms with Crippen LogP contribution >= 0.6 is 0 Å². The van der Waals surface area contributed by atoms with Gasteiger partial charge in [0.2, 0.25) is 0 Å². The Labute approximate surface area is 160 Å². The number of H-pyrrole nitrogens is 1. The summed E-state index contributed by atoms with van der Waals surface area (Å²) in [5.74, 6) is -1.11. The van der Waals surface area contributed by atoms with Gasteiger partial charge in [0.1, 0.15) is 0 Å². The van der Waals surface area contributed by atoms with Crippen molar-refractivity contribution in [2.75, 3.05) is 31.6 Å². The van der Waals surface area contributed by atoms with E-state index in [4.69, 9.17) is 9.15 Å². The van der Waals surface area contributed by atoms with Crippen molar-refractivity contribution in [3.63, 3.8) is 0 Å². The van der Waals surface area contributed by atoms with E-state index in [-0.39, 0.29) is 11.5 Å². The molecule has 8 nitrogen and oxygen atoms in total. The van der Waals surface area contributed by atoms with Gasteiger partial charge in [0, 0.05) is 24.3 Å². The summed E-state index contributed by atoms with van der Waals surface area (Å²) in [6, 6.07) is 10.0. The Kier molecular flexibility index (Phi) is 4.70. The number of nitrogens with zero attached hydrogens (tertiary/aromatic N) is 1. The number of oxazole rings is 1. The first-order valence-electron chi connectivity index (χ1n) is 8.94. The minimum Gasteiger partial charge on any atom is -0.408 e. The van der Waals surface area contributed by atoms with Gasteiger partial charge in [-0.15, -0.1) is 0 Å². The molecule has 8 heteroatoms. The van der Waals surface area contributed by atoms with Crippen LogP contribution in [0.25, 0.3) is 11.1 Å². The third kappa shape index (κ3) is 3.41. The molecule has 144 valence electrons. The van der Waals surface area contributed by atoms with E-state index in [1.807, 2.05) is 6.92 Å². The zero-order valence-electron chi connectivity index (χ0n) is 15.3. The first-order chi connectivity index (χ1) is 13.5. The largest absolute Gasteiger partial charge is 0.417 e. The van der Waals surface area contributed by atoms with Crippen LogP contribution in [-0.4, -0.2) is 48.0 Å². The predicted octanol–water partition coefficient (Wildman–Crippen LogP) is 2.15. The zero-order valence-corrected chi connectivity index (χ0v) is 15.3. The van der Waals surface area contributed by atoms with Crippen LogP contribution in [0.5, 0.6) is 0 Å². The zero-order chi connectivity index (χ0) is 19.7. The van der Waals surface area contributed by atoms with Crippen LogP contribution in [0, 0.1) is 6.92 Å². The summed E-state index contributed by atoms with van der Waals surface area (Å²) in [4.78, 5) is 41.2. The summed E-state index contributed by atoms with van der Waals surface area (Å²) in [5.41, 5.74) is 2.79. The average Bonchev–Trinajstić information content (AvgIpc) is 3.09. The molecule has 0 spiro atoms. The number of nitrogens with one attached hydrogen (secondary N) is 2. The van der Waals surface area contributed by atoms with Crippen LogP contribution < -0.4 is 11.1 Å². The third-order valence-electron chi connectivity index (χ3n) is 4.72. The van der Waals surface area contributed by atoms with Crippen molar-refractivity contribution in [2.45, 2.75) is 6.92 Å². The molecule has 1 fully saturated rings. The van der Waals surface area contributed by atoms with E-state index >= 15 is 0 Å². The fourth-order valence-corrected chi connectivity index (χ4v) is 3.23. The maximum atomic E-state index is 12.8. The van der Waals surface area contributed by atoms with Gasteiger partial charge in [0.05, 0.1) is 24.3 Å². The maximum absolute atomic E-state index is 12.8. The van der Waals surface area contributed by atoms with Crippen molar-refractivity contribution in [1.82, 2.24) is 9.88 Å². The second-order valence-corrected chi connectivity index (χ2v) is 6.58.